The molecule has 1 aromatic carbocycles. The molecule has 0 aliphatic carbocycles. The van der Waals surface area contributed by atoms with Crippen molar-refractivity contribution < 1.29 is 9.18 Å². The van der Waals surface area contributed by atoms with E-state index in [-0.39, 0.29) is 30.0 Å². The van der Waals surface area contributed by atoms with Crippen LogP contribution in [0.5, 0.6) is 0 Å². The maximum atomic E-state index is 13.1. The van der Waals surface area contributed by atoms with Gasteiger partial charge >= 0.3 is 0 Å². The Balaban J connectivity index is 0.00000176. The zero-order valence-corrected chi connectivity index (χ0v) is 13.7. The highest BCUT2D eigenvalue weighted by molar-refractivity contribution is 5.85. The summed E-state index contributed by atoms with van der Waals surface area (Å²) in [5.74, 6) is 1.36. The van der Waals surface area contributed by atoms with E-state index in [4.69, 9.17) is 0 Å². The van der Waals surface area contributed by atoms with E-state index in [1.807, 2.05) is 17.9 Å². The van der Waals surface area contributed by atoms with Crippen molar-refractivity contribution in [1.82, 2.24) is 10.2 Å². The van der Waals surface area contributed by atoms with Gasteiger partial charge in [0.1, 0.15) is 5.82 Å². The topological polar surface area (TPSA) is 32.3 Å². The van der Waals surface area contributed by atoms with Gasteiger partial charge in [-0.25, -0.2) is 4.39 Å². The maximum absolute atomic E-state index is 13.1. The first-order valence-electron chi connectivity index (χ1n) is 7.87. The lowest BCUT2D eigenvalue weighted by Gasteiger charge is -2.22. The van der Waals surface area contributed by atoms with Crippen LogP contribution in [-0.2, 0) is 11.2 Å². The Morgan fingerprint density at radius 3 is 2.68 bits per heavy atom. The first-order valence-corrected chi connectivity index (χ1v) is 7.87. The number of rotatable bonds is 4. The second-order valence-corrected chi connectivity index (χ2v) is 6.49. The fourth-order valence-corrected chi connectivity index (χ4v) is 3.55. The molecule has 5 heteroatoms. The fourth-order valence-electron chi connectivity index (χ4n) is 3.55. The number of hydrogen-bond acceptors (Lipinski definition) is 2. The third kappa shape index (κ3) is 3.79. The van der Waals surface area contributed by atoms with Crippen molar-refractivity contribution in [2.24, 2.45) is 17.8 Å². The van der Waals surface area contributed by atoms with E-state index in [0.29, 0.717) is 11.8 Å². The average Bonchev–Trinajstić information content (AvgIpc) is 3.05. The number of likely N-dealkylation sites (tertiary alicyclic amines) is 1. The lowest BCUT2D eigenvalue weighted by molar-refractivity contribution is -0.134. The molecule has 3 nitrogen and oxygen atoms in total. The summed E-state index contributed by atoms with van der Waals surface area (Å²) in [6.07, 6.45) is 1.54. The molecular formula is C17H24ClFN2O. The molecule has 0 bridgehead atoms. The molecule has 0 saturated carbocycles. The summed E-state index contributed by atoms with van der Waals surface area (Å²) in [5.41, 5.74) is 0.970. The van der Waals surface area contributed by atoms with E-state index in [2.05, 4.69) is 5.32 Å². The predicted molar refractivity (Wildman–Crippen MR) is 87.6 cm³/mol. The molecule has 22 heavy (non-hydrogen) atoms. The number of carbonyl (C=O) groups excluding carboxylic acids is 1. The first kappa shape index (κ1) is 17.2. The molecule has 1 unspecified atom stereocenters. The Morgan fingerprint density at radius 2 is 2.05 bits per heavy atom. The van der Waals surface area contributed by atoms with Crippen LogP contribution in [0.2, 0.25) is 0 Å². The van der Waals surface area contributed by atoms with Gasteiger partial charge < -0.3 is 10.2 Å². The smallest absolute Gasteiger partial charge is 0.225 e. The maximum Gasteiger partial charge on any atom is 0.225 e. The van der Waals surface area contributed by atoms with Crippen molar-refractivity contribution in [2.45, 2.75) is 19.8 Å². The number of nitrogens with one attached hydrogen (secondary N) is 1. The monoisotopic (exact) mass is 326 g/mol. The molecule has 2 fully saturated rings. The van der Waals surface area contributed by atoms with Crippen LogP contribution in [0.1, 0.15) is 18.9 Å². The third-order valence-corrected chi connectivity index (χ3v) is 4.88. The first-order chi connectivity index (χ1) is 10.1. The summed E-state index contributed by atoms with van der Waals surface area (Å²) in [6, 6.07) is 6.66. The minimum absolute atomic E-state index is 0. The molecule has 2 heterocycles. The van der Waals surface area contributed by atoms with E-state index in [0.717, 1.165) is 44.6 Å². The zero-order chi connectivity index (χ0) is 14.8. The number of aryl methyl sites for hydroxylation is 1. The molecule has 2 aliphatic rings. The summed E-state index contributed by atoms with van der Waals surface area (Å²) >= 11 is 0. The van der Waals surface area contributed by atoms with Crippen molar-refractivity contribution in [1.29, 1.82) is 0 Å². The molecule has 2 aliphatic heterocycles. The standard InChI is InChI=1S/C17H23FN2O.ClH/c1-12(5-6-13-3-2-4-16(18)7-13)17(21)20-10-14-8-19-9-15(14)11-20;/h2-4,7,12,14-15,19H,5-6,8-11H2,1H3;1H/t12?,14-,15+;. The summed E-state index contributed by atoms with van der Waals surface area (Å²) in [5, 5.41) is 3.39. The molecule has 1 amide bonds. The van der Waals surface area contributed by atoms with Crippen LogP contribution in [0.15, 0.2) is 24.3 Å². The number of benzene rings is 1. The lowest BCUT2D eigenvalue weighted by atomic mass is 10.00. The number of fused-ring (bicyclic) bond motifs is 1. The van der Waals surface area contributed by atoms with Crippen molar-refractivity contribution in [3.8, 4) is 0 Å². The molecule has 3 atom stereocenters. The zero-order valence-electron chi connectivity index (χ0n) is 12.9. The minimum atomic E-state index is -0.202. The van der Waals surface area contributed by atoms with Gasteiger partial charge in [-0.2, -0.15) is 0 Å². The second kappa shape index (κ2) is 7.42. The molecule has 1 N–H and O–H groups in total. The van der Waals surface area contributed by atoms with Gasteiger partial charge in [0.2, 0.25) is 5.91 Å². The number of amides is 1. The number of nitrogens with zero attached hydrogens (tertiary/aromatic N) is 1. The quantitative estimate of drug-likeness (QED) is 0.922. The van der Waals surface area contributed by atoms with Crippen molar-refractivity contribution >= 4 is 18.3 Å². The van der Waals surface area contributed by atoms with Gasteiger partial charge in [0.15, 0.2) is 0 Å². The van der Waals surface area contributed by atoms with Crippen LogP contribution < -0.4 is 5.32 Å². The van der Waals surface area contributed by atoms with Gasteiger partial charge in [0, 0.05) is 32.1 Å². The van der Waals surface area contributed by atoms with Crippen LogP contribution in [-0.4, -0.2) is 37.0 Å². The number of halogens is 2. The normalized spacial score (nSPS) is 24.7. The van der Waals surface area contributed by atoms with Gasteiger partial charge in [0.05, 0.1) is 0 Å². The Hall–Kier alpha value is -1.13. The highest BCUT2D eigenvalue weighted by Crippen LogP contribution is 2.28. The summed E-state index contributed by atoms with van der Waals surface area (Å²) in [7, 11) is 0. The van der Waals surface area contributed by atoms with E-state index >= 15 is 0 Å². The average molecular weight is 327 g/mol. The van der Waals surface area contributed by atoms with Gasteiger partial charge in [0.25, 0.3) is 0 Å². The molecule has 0 radical (unpaired) electrons. The minimum Gasteiger partial charge on any atom is -0.342 e. The van der Waals surface area contributed by atoms with Crippen LogP contribution in [0.3, 0.4) is 0 Å². The SMILES string of the molecule is CC(CCc1cccc(F)c1)C(=O)N1C[C@H]2CNC[C@H]2C1.Cl. The van der Waals surface area contributed by atoms with Crippen LogP contribution in [0.4, 0.5) is 4.39 Å². The van der Waals surface area contributed by atoms with Crippen LogP contribution >= 0.6 is 12.4 Å². The van der Waals surface area contributed by atoms with Crippen molar-refractivity contribution in [3.05, 3.63) is 35.6 Å². The van der Waals surface area contributed by atoms with Crippen LogP contribution in [0.25, 0.3) is 0 Å². The third-order valence-electron chi connectivity index (χ3n) is 4.88. The summed E-state index contributed by atoms with van der Waals surface area (Å²) in [6.45, 7) is 5.90. The van der Waals surface area contributed by atoms with Gasteiger partial charge in [-0.15, -0.1) is 12.4 Å². The van der Waals surface area contributed by atoms with Crippen LogP contribution in [0, 0.1) is 23.6 Å². The Labute approximate surface area is 137 Å². The molecular weight excluding hydrogens is 303 g/mol. The largest absolute Gasteiger partial charge is 0.342 e. The number of carbonyl (C=O) groups is 1. The Kier molecular flexibility index (Phi) is 5.81. The second-order valence-electron chi connectivity index (χ2n) is 6.49. The van der Waals surface area contributed by atoms with Crippen molar-refractivity contribution in [3.63, 3.8) is 0 Å². The lowest BCUT2D eigenvalue weighted by Crippen LogP contribution is -2.35. The molecule has 2 saturated heterocycles. The molecule has 1 aromatic rings. The fraction of sp³-hybridized carbons (Fsp3) is 0.588. The van der Waals surface area contributed by atoms with Gasteiger partial charge in [-0.1, -0.05) is 19.1 Å². The Bertz CT molecular complexity index is 513. The molecule has 3 rings (SSSR count). The van der Waals surface area contributed by atoms with E-state index in [1.165, 1.54) is 6.07 Å². The predicted octanol–water partition coefficient (Wildman–Crippen LogP) is 2.49. The molecule has 0 aromatic heterocycles. The highest BCUT2D eigenvalue weighted by atomic mass is 35.5. The van der Waals surface area contributed by atoms with E-state index < -0.39 is 0 Å². The molecule has 0 spiro atoms. The highest BCUT2D eigenvalue weighted by Gasteiger charge is 2.38. The Morgan fingerprint density at radius 1 is 1.36 bits per heavy atom. The van der Waals surface area contributed by atoms with Crippen molar-refractivity contribution in [2.75, 3.05) is 26.2 Å². The molecule has 122 valence electrons. The van der Waals surface area contributed by atoms with Gasteiger partial charge in [-0.3, -0.25) is 4.79 Å². The summed E-state index contributed by atoms with van der Waals surface area (Å²) in [4.78, 5) is 14.5. The number of hydrogen-bond donors (Lipinski definition) is 1. The summed E-state index contributed by atoms with van der Waals surface area (Å²) < 4.78 is 13.1. The van der Waals surface area contributed by atoms with Gasteiger partial charge in [-0.05, 0) is 42.4 Å². The van der Waals surface area contributed by atoms with E-state index in [9.17, 15) is 9.18 Å². The van der Waals surface area contributed by atoms with E-state index in [1.54, 1.807) is 12.1 Å².